The lowest BCUT2D eigenvalue weighted by molar-refractivity contribution is -0.436. The first-order chi connectivity index (χ1) is 20.1. The maximum atomic E-state index is 11.4. The summed E-state index contributed by atoms with van der Waals surface area (Å²) in [6, 6.07) is 16.7. The highest BCUT2D eigenvalue weighted by Gasteiger charge is 2.44. The second-order valence-corrected chi connectivity index (χ2v) is 12.7. The molecule has 0 unspecified atom stereocenters. The molecule has 6 heteroatoms. The van der Waals surface area contributed by atoms with Crippen LogP contribution in [0.1, 0.15) is 70.9 Å². The van der Waals surface area contributed by atoms with Gasteiger partial charge in [-0.1, -0.05) is 74.0 Å². The Morgan fingerprint density at radius 3 is 2.43 bits per heavy atom. The average molecular weight is 584 g/mol. The molecule has 5 rings (SSSR count). The number of anilines is 1. The molecule has 0 spiro atoms. The molecule has 0 aromatic heterocycles. The van der Waals surface area contributed by atoms with E-state index in [0.29, 0.717) is 19.5 Å². The zero-order valence-corrected chi connectivity index (χ0v) is 25.7. The quantitative estimate of drug-likeness (QED) is 0.240. The normalized spacial score (nSPS) is 21.0. The van der Waals surface area contributed by atoms with Gasteiger partial charge in [0.25, 0.3) is 0 Å². The topological polar surface area (TPSA) is 60.6 Å². The molecule has 0 amide bonds. The van der Waals surface area contributed by atoms with Gasteiger partial charge in [0.1, 0.15) is 6.29 Å². The van der Waals surface area contributed by atoms with Crippen LogP contribution in [0.5, 0.6) is 0 Å². The number of carboxylic acids is 1. The van der Waals surface area contributed by atoms with E-state index in [1.54, 1.807) is 0 Å². The summed E-state index contributed by atoms with van der Waals surface area (Å²) in [5.41, 5.74) is 8.69. The highest BCUT2D eigenvalue weighted by molar-refractivity contribution is 6.32. The highest BCUT2D eigenvalue weighted by Crippen LogP contribution is 2.48. The van der Waals surface area contributed by atoms with E-state index in [9.17, 15) is 14.7 Å². The van der Waals surface area contributed by atoms with Crippen molar-refractivity contribution in [1.29, 1.82) is 0 Å². The number of allylic oxidation sites excluding steroid dienone is 8. The molecule has 0 atom stereocenters. The number of hydrogen-bond acceptors (Lipinski definition) is 3. The number of carbonyl (C=O) groups is 2. The summed E-state index contributed by atoms with van der Waals surface area (Å²) in [6.07, 6.45) is 12.9. The fraction of sp³-hybridized carbons (Fsp3) is 0.361. The van der Waals surface area contributed by atoms with Crippen LogP contribution in [0.15, 0.2) is 94.7 Å². The van der Waals surface area contributed by atoms with Gasteiger partial charge >= 0.3 is 5.97 Å². The van der Waals surface area contributed by atoms with Crippen molar-refractivity contribution in [2.24, 2.45) is 0 Å². The average Bonchev–Trinajstić information content (AvgIpc) is 3.32. The molecular formula is C36H40ClN2O3+. The molecule has 3 aliphatic rings. The lowest BCUT2D eigenvalue weighted by atomic mass is 9.81. The SMILES string of the molecule is CC1(C)C(=CC=C2CCCC(C=CC3=[N+](CCC=O)c4ccccc4C3(C)C)=C2Cl)N(CCC(=O)O)c2ccccc21. The molecule has 2 aromatic rings. The van der Waals surface area contributed by atoms with Gasteiger partial charge in [-0.15, -0.1) is 0 Å². The minimum Gasteiger partial charge on any atom is -0.481 e. The lowest BCUT2D eigenvalue weighted by Crippen LogP contribution is -2.28. The molecule has 2 aliphatic heterocycles. The molecule has 2 aromatic carbocycles. The summed E-state index contributed by atoms with van der Waals surface area (Å²) >= 11 is 7.07. The van der Waals surface area contributed by atoms with Crippen molar-refractivity contribution in [2.45, 2.75) is 70.6 Å². The number of hydrogen-bond donors (Lipinski definition) is 1. The number of nitrogens with zero attached hydrogens (tertiary/aromatic N) is 2. The zero-order chi connectivity index (χ0) is 30.1. The summed E-state index contributed by atoms with van der Waals surface area (Å²) in [7, 11) is 0. The predicted octanol–water partition coefficient (Wildman–Crippen LogP) is 7.97. The molecule has 0 saturated carbocycles. The van der Waals surface area contributed by atoms with Gasteiger partial charge in [0.05, 0.1) is 18.3 Å². The van der Waals surface area contributed by atoms with E-state index in [2.05, 4.69) is 97.9 Å². The summed E-state index contributed by atoms with van der Waals surface area (Å²) in [4.78, 5) is 24.8. The van der Waals surface area contributed by atoms with E-state index in [-0.39, 0.29) is 17.3 Å². The molecule has 1 aliphatic carbocycles. The van der Waals surface area contributed by atoms with E-state index in [4.69, 9.17) is 11.6 Å². The summed E-state index contributed by atoms with van der Waals surface area (Å²) in [5, 5.41) is 10.2. The van der Waals surface area contributed by atoms with E-state index in [0.717, 1.165) is 58.8 Å². The van der Waals surface area contributed by atoms with Gasteiger partial charge in [-0.05, 0) is 62.0 Å². The second kappa shape index (κ2) is 11.9. The third-order valence-corrected chi connectivity index (χ3v) is 9.44. The Bertz CT molecular complexity index is 1570. The monoisotopic (exact) mass is 583 g/mol. The lowest BCUT2D eigenvalue weighted by Gasteiger charge is -2.27. The third-order valence-electron chi connectivity index (χ3n) is 8.96. The van der Waals surface area contributed by atoms with E-state index in [1.165, 1.54) is 16.8 Å². The van der Waals surface area contributed by atoms with Gasteiger partial charge in [0.2, 0.25) is 5.69 Å². The Labute approximate surface area is 254 Å². The number of carboxylic acid groups (broad SMARTS) is 1. The van der Waals surface area contributed by atoms with Crippen LogP contribution >= 0.6 is 11.6 Å². The number of aldehydes is 1. The minimum absolute atomic E-state index is 0.0663. The van der Waals surface area contributed by atoms with Crippen molar-refractivity contribution < 1.29 is 19.3 Å². The van der Waals surface area contributed by atoms with Gasteiger partial charge < -0.3 is 14.8 Å². The van der Waals surface area contributed by atoms with Crippen LogP contribution in [0.2, 0.25) is 0 Å². The first-order valence-electron chi connectivity index (χ1n) is 14.8. The van der Waals surface area contributed by atoms with Crippen LogP contribution in [-0.4, -0.2) is 40.7 Å². The van der Waals surface area contributed by atoms with Crippen LogP contribution in [-0.2, 0) is 20.4 Å². The van der Waals surface area contributed by atoms with Crippen molar-refractivity contribution in [3.05, 3.63) is 106 Å². The van der Waals surface area contributed by atoms with E-state index < -0.39 is 5.97 Å². The second-order valence-electron chi connectivity index (χ2n) is 12.3. The number of rotatable bonds is 9. The Balaban J connectivity index is 1.49. The molecule has 0 radical (unpaired) electrons. The predicted molar refractivity (Wildman–Crippen MR) is 171 cm³/mol. The first-order valence-corrected chi connectivity index (χ1v) is 15.2. The van der Waals surface area contributed by atoms with Crippen LogP contribution in [0, 0.1) is 0 Å². The standard InChI is InChI=1S/C36H39ClN2O3/c1-35(2)27-13-5-7-15-29(27)38(22-10-24-40)31(35)19-17-25-11-9-12-26(34(25)37)18-20-32-36(3,4)28-14-6-8-16-30(28)39(32)23-21-33(41)42/h5-8,13-20,24H,9-12,21-23H2,1-4H3/p+1. The Hall–Kier alpha value is -3.70. The van der Waals surface area contributed by atoms with Crippen LogP contribution in [0.4, 0.5) is 11.4 Å². The molecular weight excluding hydrogens is 544 g/mol. The van der Waals surface area contributed by atoms with E-state index >= 15 is 0 Å². The summed E-state index contributed by atoms with van der Waals surface area (Å²) in [6.45, 7) is 9.92. The van der Waals surface area contributed by atoms with Gasteiger partial charge in [0, 0.05) is 46.1 Å². The van der Waals surface area contributed by atoms with Gasteiger partial charge in [0.15, 0.2) is 12.3 Å². The molecule has 0 fully saturated rings. The van der Waals surface area contributed by atoms with Gasteiger partial charge in [-0.25, -0.2) is 0 Å². The van der Waals surface area contributed by atoms with Crippen molar-refractivity contribution >= 4 is 40.9 Å². The fourth-order valence-corrected chi connectivity index (χ4v) is 7.04. The molecule has 1 N–H and O–H groups in total. The largest absolute Gasteiger partial charge is 0.481 e. The van der Waals surface area contributed by atoms with Crippen LogP contribution in [0.25, 0.3) is 0 Å². The van der Waals surface area contributed by atoms with Crippen LogP contribution < -0.4 is 4.90 Å². The Morgan fingerprint density at radius 2 is 1.69 bits per heavy atom. The maximum absolute atomic E-state index is 11.4. The highest BCUT2D eigenvalue weighted by atomic mass is 35.5. The summed E-state index contributed by atoms with van der Waals surface area (Å²) in [5.74, 6) is -0.805. The third kappa shape index (κ3) is 5.43. The number of aliphatic carboxylic acids is 1. The zero-order valence-electron chi connectivity index (χ0n) is 25.0. The van der Waals surface area contributed by atoms with Crippen molar-refractivity contribution in [3.63, 3.8) is 0 Å². The molecule has 2 heterocycles. The molecule has 42 heavy (non-hydrogen) atoms. The molecule has 218 valence electrons. The number of para-hydroxylation sites is 2. The maximum Gasteiger partial charge on any atom is 0.305 e. The van der Waals surface area contributed by atoms with Crippen molar-refractivity contribution in [2.75, 3.05) is 18.0 Å². The number of fused-ring (bicyclic) bond motifs is 2. The van der Waals surface area contributed by atoms with Crippen molar-refractivity contribution in [1.82, 2.24) is 0 Å². The molecule has 0 saturated heterocycles. The Kier molecular flexibility index (Phi) is 8.43. The fourth-order valence-electron chi connectivity index (χ4n) is 6.72. The van der Waals surface area contributed by atoms with Gasteiger partial charge in [-0.2, -0.15) is 4.58 Å². The first kappa shape index (κ1) is 29.8. The van der Waals surface area contributed by atoms with Crippen LogP contribution in [0.3, 0.4) is 0 Å². The summed E-state index contributed by atoms with van der Waals surface area (Å²) < 4.78 is 2.27. The van der Waals surface area contributed by atoms with Crippen molar-refractivity contribution in [3.8, 4) is 0 Å². The molecule has 0 bridgehead atoms. The molecule has 5 nitrogen and oxygen atoms in total. The smallest absolute Gasteiger partial charge is 0.305 e. The van der Waals surface area contributed by atoms with Gasteiger partial charge in [-0.3, -0.25) is 4.79 Å². The number of carbonyl (C=O) groups excluding carboxylic acids is 1. The minimum atomic E-state index is -0.805. The van der Waals surface area contributed by atoms with E-state index in [1.807, 2.05) is 12.1 Å². The number of benzene rings is 2. The Morgan fingerprint density at radius 1 is 0.976 bits per heavy atom. The number of halogens is 1.